The third kappa shape index (κ3) is 5.95. The summed E-state index contributed by atoms with van der Waals surface area (Å²) in [5.74, 6) is -2.24. The van der Waals surface area contributed by atoms with Crippen LogP contribution in [0.3, 0.4) is 0 Å². The van der Waals surface area contributed by atoms with Gasteiger partial charge in [0, 0.05) is 18.5 Å². The molecule has 0 fully saturated rings. The van der Waals surface area contributed by atoms with Gasteiger partial charge in [0.25, 0.3) is 0 Å². The maximum atomic E-state index is 12.8. The second-order valence-corrected chi connectivity index (χ2v) is 9.46. The second-order valence-electron chi connectivity index (χ2n) is 9.46. The highest BCUT2D eigenvalue weighted by Crippen LogP contribution is 2.44. The van der Waals surface area contributed by atoms with Crippen LogP contribution in [-0.4, -0.2) is 42.3 Å². The van der Waals surface area contributed by atoms with Gasteiger partial charge < -0.3 is 20.5 Å². The van der Waals surface area contributed by atoms with Crippen LogP contribution in [0.2, 0.25) is 0 Å². The SMILES string of the molecule is CC(C)CC(CNC(=O)OCC1c2ccccc2-c2ccccc21)C(=O)NC(C)C(C)C(=O)O. The molecular weight excluding hydrogens is 432 g/mol. The van der Waals surface area contributed by atoms with Crippen molar-refractivity contribution in [2.45, 2.75) is 46.1 Å². The molecule has 2 aromatic rings. The number of carboxylic acids is 1. The van der Waals surface area contributed by atoms with Gasteiger partial charge in [-0.1, -0.05) is 62.4 Å². The maximum Gasteiger partial charge on any atom is 0.407 e. The van der Waals surface area contributed by atoms with Gasteiger partial charge >= 0.3 is 12.1 Å². The van der Waals surface area contributed by atoms with Gasteiger partial charge in [-0.2, -0.15) is 0 Å². The molecule has 3 unspecified atom stereocenters. The number of carbonyl (C=O) groups excluding carboxylic acids is 2. The first-order chi connectivity index (χ1) is 16.2. The number of carbonyl (C=O) groups is 3. The molecular formula is C27H34N2O5. The lowest BCUT2D eigenvalue weighted by Crippen LogP contribution is -2.46. The van der Waals surface area contributed by atoms with Crippen LogP contribution < -0.4 is 10.6 Å². The van der Waals surface area contributed by atoms with E-state index in [1.165, 1.54) is 0 Å². The van der Waals surface area contributed by atoms with Gasteiger partial charge in [-0.3, -0.25) is 9.59 Å². The Labute approximate surface area is 200 Å². The molecule has 34 heavy (non-hydrogen) atoms. The highest BCUT2D eigenvalue weighted by Gasteiger charge is 2.30. The molecule has 7 nitrogen and oxygen atoms in total. The fourth-order valence-corrected chi connectivity index (χ4v) is 4.39. The molecule has 7 heteroatoms. The molecule has 0 radical (unpaired) electrons. The van der Waals surface area contributed by atoms with Crippen molar-refractivity contribution in [2.24, 2.45) is 17.8 Å². The summed E-state index contributed by atoms with van der Waals surface area (Å²) in [6.45, 7) is 7.54. The quantitative estimate of drug-likeness (QED) is 0.481. The Morgan fingerprint density at radius 3 is 2.03 bits per heavy atom. The van der Waals surface area contributed by atoms with Crippen LogP contribution in [0.4, 0.5) is 4.79 Å². The summed E-state index contributed by atoms with van der Waals surface area (Å²) in [4.78, 5) is 36.5. The lowest BCUT2D eigenvalue weighted by Gasteiger charge is -2.24. The number of nitrogens with one attached hydrogen (secondary N) is 2. The first-order valence-corrected chi connectivity index (χ1v) is 11.8. The molecule has 0 heterocycles. The summed E-state index contributed by atoms with van der Waals surface area (Å²) in [6.07, 6.45) is -0.0145. The standard InChI is InChI=1S/C27H34N2O5/c1-16(2)13-19(25(30)29-18(4)17(3)26(31)32)14-28-27(33)34-15-24-22-11-7-5-9-20(22)21-10-6-8-12-23(21)24/h5-12,16-19,24H,13-15H2,1-4H3,(H,28,33)(H,29,30)(H,31,32). The Bertz CT molecular complexity index is 990. The summed E-state index contributed by atoms with van der Waals surface area (Å²) in [6, 6.07) is 15.7. The minimum Gasteiger partial charge on any atom is -0.481 e. The number of rotatable bonds is 10. The van der Waals surface area contributed by atoms with Crippen molar-refractivity contribution < 1.29 is 24.2 Å². The number of hydrogen-bond acceptors (Lipinski definition) is 4. The molecule has 3 rings (SSSR count). The molecule has 1 aliphatic carbocycles. The Kier molecular flexibility index (Phi) is 8.31. The van der Waals surface area contributed by atoms with E-state index in [4.69, 9.17) is 4.74 Å². The van der Waals surface area contributed by atoms with Gasteiger partial charge in [-0.25, -0.2) is 4.79 Å². The molecule has 182 valence electrons. The highest BCUT2D eigenvalue weighted by molar-refractivity contribution is 5.81. The number of ether oxygens (including phenoxy) is 1. The largest absolute Gasteiger partial charge is 0.481 e. The van der Waals surface area contributed by atoms with E-state index in [9.17, 15) is 19.5 Å². The molecule has 0 aliphatic heterocycles. The lowest BCUT2D eigenvalue weighted by molar-refractivity contribution is -0.142. The van der Waals surface area contributed by atoms with E-state index in [-0.39, 0.29) is 30.9 Å². The lowest BCUT2D eigenvalue weighted by atomic mass is 9.95. The van der Waals surface area contributed by atoms with E-state index in [0.717, 1.165) is 22.3 Å². The maximum absolute atomic E-state index is 12.8. The second kappa shape index (κ2) is 11.2. The van der Waals surface area contributed by atoms with Crippen LogP contribution in [-0.2, 0) is 14.3 Å². The van der Waals surface area contributed by atoms with Gasteiger partial charge in [-0.15, -0.1) is 0 Å². The average Bonchev–Trinajstić information content (AvgIpc) is 3.13. The molecule has 3 N–H and O–H groups in total. The molecule has 0 saturated carbocycles. The molecule has 3 atom stereocenters. The normalized spacial score (nSPS) is 15.1. The summed E-state index contributed by atoms with van der Waals surface area (Å²) >= 11 is 0. The van der Waals surface area contributed by atoms with Crippen molar-refractivity contribution in [2.75, 3.05) is 13.2 Å². The number of carboxylic acid groups (broad SMARTS) is 1. The molecule has 2 amide bonds. The van der Waals surface area contributed by atoms with Crippen LogP contribution in [0.5, 0.6) is 0 Å². The van der Waals surface area contributed by atoms with Gasteiger partial charge in [-0.05, 0) is 48.4 Å². The zero-order chi connectivity index (χ0) is 24.8. The smallest absolute Gasteiger partial charge is 0.407 e. The van der Waals surface area contributed by atoms with Crippen molar-refractivity contribution in [3.63, 3.8) is 0 Å². The summed E-state index contributed by atoms with van der Waals surface area (Å²) in [7, 11) is 0. The number of aliphatic carboxylic acids is 1. The number of benzene rings is 2. The zero-order valence-corrected chi connectivity index (χ0v) is 20.2. The fraction of sp³-hybridized carbons (Fsp3) is 0.444. The minimum atomic E-state index is -0.968. The summed E-state index contributed by atoms with van der Waals surface area (Å²) in [5.41, 5.74) is 4.58. The Balaban J connectivity index is 1.58. The number of alkyl carbamates (subject to hydrolysis) is 1. The fourth-order valence-electron chi connectivity index (χ4n) is 4.39. The van der Waals surface area contributed by atoms with Crippen molar-refractivity contribution in [1.82, 2.24) is 10.6 Å². The van der Waals surface area contributed by atoms with E-state index in [1.54, 1.807) is 13.8 Å². The van der Waals surface area contributed by atoms with Crippen LogP contribution in [0.25, 0.3) is 11.1 Å². The van der Waals surface area contributed by atoms with E-state index in [0.29, 0.717) is 6.42 Å². The highest BCUT2D eigenvalue weighted by atomic mass is 16.5. The van der Waals surface area contributed by atoms with E-state index >= 15 is 0 Å². The van der Waals surface area contributed by atoms with E-state index in [1.807, 2.05) is 38.1 Å². The number of fused-ring (bicyclic) bond motifs is 3. The molecule has 0 saturated heterocycles. The molecule has 2 aromatic carbocycles. The first kappa shape index (κ1) is 25.3. The molecule has 1 aliphatic rings. The monoisotopic (exact) mass is 466 g/mol. The van der Waals surface area contributed by atoms with E-state index < -0.39 is 29.9 Å². The predicted molar refractivity (Wildman–Crippen MR) is 130 cm³/mol. The van der Waals surface area contributed by atoms with Crippen LogP contribution in [0, 0.1) is 17.8 Å². The topological polar surface area (TPSA) is 105 Å². The average molecular weight is 467 g/mol. The van der Waals surface area contributed by atoms with E-state index in [2.05, 4.69) is 34.9 Å². The predicted octanol–water partition coefficient (Wildman–Crippen LogP) is 4.41. The molecule has 0 spiro atoms. The molecule has 0 bridgehead atoms. The Hall–Kier alpha value is -3.35. The van der Waals surface area contributed by atoms with Gasteiger partial charge in [0.2, 0.25) is 5.91 Å². The van der Waals surface area contributed by atoms with Crippen molar-refractivity contribution in [3.05, 3.63) is 59.7 Å². The zero-order valence-electron chi connectivity index (χ0n) is 20.2. The number of hydrogen-bond donors (Lipinski definition) is 3. The number of amides is 2. The third-order valence-corrected chi connectivity index (χ3v) is 6.47. The Morgan fingerprint density at radius 2 is 1.50 bits per heavy atom. The Morgan fingerprint density at radius 1 is 0.941 bits per heavy atom. The molecule has 0 aromatic heterocycles. The van der Waals surface area contributed by atoms with Crippen LogP contribution in [0.15, 0.2) is 48.5 Å². The summed E-state index contributed by atoms with van der Waals surface area (Å²) in [5, 5.41) is 14.7. The third-order valence-electron chi connectivity index (χ3n) is 6.47. The van der Waals surface area contributed by atoms with Gasteiger partial charge in [0.15, 0.2) is 0 Å². The van der Waals surface area contributed by atoms with Crippen molar-refractivity contribution in [1.29, 1.82) is 0 Å². The van der Waals surface area contributed by atoms with Gasteiger partial charge in [0.05, 0.1) is 11.8 Å². The van der Waals surface area contributed by atoms with Crippen LogP contribution >= 0.6 is 0 Å². The first-order valence-electron chi connectivity index (χ1n) is 11.8. The van der Waals surface area contributed by atoms with Crippen molar-refractivity contribution >= 4 is 18.0 Å². The summed E-state index contributed by atoms with van der Waals surface area (Å²) < 4.78 is 5.57. The van der Waals surface area contributed by atoms with Gasteiger partial charge in [0.1, 0.15) is 6.61 Å². The van der Waals surface area contributed by atoms with Crippen molar-refractivity contribution in [3.8, 4) is 11.1 Å². The minimum absolute atomic E-state index is 0.0359. The van der Waals surface area contributed by atoms with Crippen LogP contribution in [0.1, 0.15) is 51.2 Å².